The van der Waals surface area contributed by atoms with Gasteiger partial charge in [-0.2, -0.15) is 0 Å². The van der Waals surface area contributed by atoms with Crippen LogP contribution in [0.2, 0.25) is 0 Å². The second-order valence-corrected chi connectivity index (χ2v) is 8.96. The second kappa shape index (κ2) is 9.53. The molecule has 0 radical (unpaired) electrons. The largest absolute Gasteiger partial charge is 0.481 e. The molecule has 1 aliphatic rings. The number of allylic oxidation sites excluding steroid dienone is 4. The lowest BCUT2D eigenvalue weighted by atomic mass is 9.81. The van der Waals surface area contributed by atoms with Crippen LogP contribution in [0.5, 0.6) is 0 Å². The number of rotatable bonds is 9. The Hall–Kier alpha value is -1.91. The van der Waals surface area contributed by atoms with Crippen molar-refractivity contribution in [1.29, 1.82) is 0 Å². The quantitative estimate of drug-likeness (QED) is 0.425. The van der Waals surface area contributed by atoms with Crippen LogP contribution in [-0.2, 0) is 21.0 Å². The molecule has 3 atom stereocenters. The third kappa shape index (κ3) is 7.25. The summed E-state index contributed by atoms with van der Waals surface area (Å²) < 4.78 is 0. The first-order chi connectivity index (χ1) is 13.1. The van der Waals surface area contributed by atoms with Crippen molar-refractivity contribution in [1.82, 2.24) is 0 Å². The molecule has 1 fully saturated rings. The van der Waals surface area contributed by atoms with Crippen molar-refractivity contribution in [2.45, 2.75) is 77.9 Å². The van der Waals surface area contributed by atoms with Gasteiger partial charge in [0.05, 0.1) is 6.42 Å². The summed E-state index contributed by atoms with van der Waals surface area (Å²) in [6.45, 7) is 10.3. The maximum Gasteiger partial charge on any atom is 0.306 e. The number of hydrogen-bond donors (Lipinski definition) is 1. The van der Waals surface area contributed by atoms with Gasteiger partial charge in [0.1, 0.15) is 11.2 Å². The fourth-order valence-corrected chi connectivity index (χ4v) is 4.33. The maximum atomic E-state index is 11.0. The van der Waals surface area contributed by atoms with Crippen molar-refractivity contribution >= 4 is 5.97 Å². The Morgan fingerprint density at radius 3 is 2.46 bits per heavy atom. The van der Waals surface area contributed by atoms with Crippen LogP contribution in [0, 0.1) is 5.92 Å². The standard InChI is InChI=1S/C24H34O4/c1-18(11-12-21-9-7-6-8-10-21)13-19(2)14-20(3)15-23(4)17-24(5,28-27-23)16-22(25)26/h6-11,13,20H,12,14-17H2,1-5H3,(H,25,26). The van der Waals surface area contributed by atoms with Gasteiger partial charge in [0.15, 0.2) is 0 Å². The average molecular weight is 387 g/mol. The Labute approximate surface area is 169 Å². The molecule has 0 spiro atoms. The van der Waals surface area contributed by atoms with Crippen LogP contribution in [0.15, 0.2) is 53.6 Å². The highest BCUT2D eigenvalue weighted by molar-refractivity contribution is 5.68. The summed E-state index contributed by atoms with van der Waals surface area (Å²) >= 11 is 0. The molecular formula is C24H34O4. The molecule has 0 saturated carbocycles. The van der Waals surface area contributed by atoms with Crippen LogP contribution < -0.4 is 0 Å². The first-order valence-corrected chi connectivity index (χ1v) is 10.1. The van der Waals surface area contributed by atoms with Crippen molar-refractivity contribution in [2.24, 2.45) is 5.92 Å². The molecule has 3 unspecified atom stereocenters. The highest BCUT2D eigenvalue weighted by Gasteiger charge is 2.47. The first-order valence-electron chi connectivity index (χ1n) is 10.1. The first kappa shape index (κ1) is 22.4. The Balaban J connectivity index is 1.87. The molecule has 1 aromatic carbocycles. The molecular weight excluding hydrogens is 352 g/mol. The highest BCUT2D eigenvalue weighted by Crippen LogP contribution is 2.42. The summed E-state index contributed by atoms with van der Waals surface area (Å²) in [5.41, 5.74) is 2.74. The number of benzene rings is 1. The van der Waals surface area contributed by atoms with Gasteiger partial charge >= 0.3 is 5.97 Å². The average Bonchev–Trinajstić information content (AvgIpc) is 2.87. The SMILES string of the molecule is CC(=CCc1ccccc1)C=C(C)CC(C)CC1(C)CC(C)(CC(=O)O)OO1. The van der Waals surface area contributed by atoms with Gasteiger partial charge in [-0.1, -0.05) is 60.6 Å². The molecule has 1 aliphatic heterocycles. The van der Waals surface area contributed by atoms with E-state index in [0.717, 1.165) is 19.3 Å². The molecule has 0 bridgehead atoms. The van der Waals surface area contributed by atoms with E-state index >= 15 is 0 Å². The molecule has 4 nitrogen and oxygen atoms in total. The third-order valence-corrected chi connectivity index (χ3v) is 5.14. The summed E-state index contributed by atoms with van der Waals surface area (Å²) in [5.74, 6) is -0.445. The lowest BCUT2D eigenvalue weighted by Gasteiger charge is -2.25. The molecule has 1 aromatic rings. The van der Waals surface area contributed by atoms with Gasteiger partial charge in [-0.25, -0.2) is 9.78 Å². The Kier molecular flexibility index (Phi) is 7.62. The van der Waals surface area contributed by atoms with E-state index in [-0.39, 0.29) is 6.42 Å². The Morgan fingerprint density at radius 2 is 1.82 bits per heavy atom. The second-order valence-electron chi connectivity index (χ2n) is 8.96. The minimum Gasteiger partial charge on any atom is -0.481 e. The molecule has 0 amide bonds. The smallest absolute Gasteiger partial charge is 0.306 e. The van der Waals surface area contributed by atoms with Gasteiger partial charge in [-0.05, 0) is 58.4 Å². The topological polar surface area (TPSA) is 55.8 Å². The zero-order chi connectivity index (χ0) is 20.8. The lowest BCUT2D eigenvalue weighted by Crippen LogP contribution is -2.31. The molecule has 0 aromatic heterocycles. The number of carboxylic acid groups (broad SMARTS) is 1. The summed E-state index contributed by atoms with van der Waals surface area (Å²) in [5, 5.41) is 9.06. The van der Waals surface area contributed by atoms with Crippen molar-refractivity contribution in [3.8, 4) is 0 Å². The number of hydrogen-bond acceptors (Lipinski definition) is 3. The van der Waals surface area contributed by atoms with Gasteiger partial charge < -0.3 is 5.11 Å². The van der Waals surface area contributed by atoms with Crippen molar-refractivity contribution < 1.29 is 19.7 Å². The zero-order valence-corrected chi connectivity index (χ0v) is 17.8. The minimum atomic E-state index is -0.861. The van der Waals surface area contributed by atoms with E-state index in [1.807, 2.05) is 19.9 Å². The van der Waals surface area contributed by atoms with Gasteiger partial charge in [0, 0.05) is 6.42 Å². The predicted molar refractivity (Wildman–Crippen MR) is 112 cm³/mol. The van der Waals surface area contributed by atoms with Crippen LogP contribution in [0.25, 0.3) is 0 Å². The third-order valence-electron chi connectivity index (χ3n) is 5.14. The normalized spacial score (nSPS) is 27.0. The molecule has 1 heterocycles. The van der Waals surface area contributed by atoms with Crippen molar-refractivity contribution in [2.75, 3.05) is 0 Å². The van der Waals surface area contributed by atoms with E-state index in [2.05, 4.69) is 57.2 Å². The minimum absolute atomic E-state index is 0.0404. The molecule has 1 saturated heterocycles. The molecule has 2 rings (SSSR count). The fraction of sp³-hybridized carbons (Fsp3) is 0.542. The van der Waals surface area contributed by atoms with Crippen LogP contribution in [0.1, 0.15) is 65.9 Å². The summed E-state index contributed by atoms with van der Waals surface area (Å²) in [4.78, 5) is 22.0. The van der Waals surface area contributed by atoms with Gasteiger partial charge in [0.2, 0.25) is 0 Å². The highest BCUT2D eigenvalue weighted by atomic mass is 17.2. The summed E-state index contributed by atoms with van der Waals surface area (Å²) in [7, 11) is 0. The Morgan fingerprint density at radius 1 is 1.18 bits per heavy atom. The summed E-state index contributed by atoms with van der Waals surface area (Å²) in [6.07, 6.45) is 7.82. The zero-order valence-electron chi connectivity index (χ0n) is 17.8. The van der Waals surface area contributed by atoms with Gasteiger partial charge in [-0.15, -0.1) is 0 Å². The van der Waals surface area contributed by atoms with Crippen LogP contribution in [0.4, 0.5) is 0 Å². The van der Waals surface area contributed by atoms with E-state index in [9.17, 15) is 4.79 Å². The summed E-state index contributed by atoms with van der Waals surface area (Å²) in [6, 6.07) is 10.5. The fourth-order valence-electron chi connectivity index (χ4n) is 4.33. The molecule has 1 N–H and O–H groups in total. The molecule has 0 aliphatic carbocycles. The molecule has 154 valence electrons. The molecule has 4 heteroatoms. The lowest BCUT2D eigenvalue weighted by molar-refractivity contribution is -0.346. The van der Waals surface area contributed by atoms with Gasteiger partial charge in [-0.3, -0.25) is 4.79 Å². The maximum absolute atomic E-state index is 11.0. The number of carboxylic acids is 1. The van der Waals surface area contributed by atoms with E-state index < -0.39 is 17.2 Å². The van der Waals surface area contributed by atoms with E-state index in [4.69, 9.17) is 14.9 Å². The predicted octanol–water partition coefficient (Wildman–Crippen LogP) is 5.88. The van der Waals surface area contributed by atoms with Crippen LogP contribution >= 0.6 is 0 Å². The van der Waals surface area contributed by atoms with E-state index in [1.54, 1.807) is 0 Å². The number of aliphatic carboxylic acids is 1. The monoisotopic (exact) mass is 386 g/mol. The van der Waals surface area contributed by atoms with Crippen LogP contribution in [-0.4, -0.2) is 22.3 Å². The van der Waals surface area contributed by atoms with Crippen molar-refractivity contribution in [3.05, 3.63) is 59.2 Å². The molecule has 28 heavy (non-hydrogen) atoms. The number of carbonyl (C=O) groups is 1. The van der Waals surface area contributed by atoms with E-state index in [0.29, 0.717) is 12.3 Å². The van der Waals surface area contributed by atoms with Crippen LogP contribution in [0.3, 0.4) is 0 Å². The van der Waals surface area contributed by atoms with E-state index in [1.165, 1.54) is 16.7 Å². The van der Waals surface area contributed by atoms with Crippen molar-refractivity contribution in [3.63, 3.8) is 0 Å². The van der Waals surface area contributed by atoms with Gasteiger partial charge in [0.25, 0.3) is 0 Å². The Bertz CT molecular complexity index is 721.